The molecular formula is C10H6N4O2S. The van der Waals surface area contributed by atoms with Crippen molar-refractivity contribution in [3.05, 3.63) is 27.5 Å². The second-order valence-electron chi connectivity index (χ2n) is 2.84. The van der Waals surface area contributed by atoms with Gasteiger partial charge >= 0.3 is 6.03 Å². The Hall–Kier alpha value is -2.64. The van der Waals surface area contributed by atoms with Crippen LogP contribution in [0.2, 0.25) is 0 Å². The molecule has 3 N–H and O–H groups in total. The maximum absolute atomic E-state index is 11.3. The molecule has 7 heteroatoms. The highest BCUT2D eigenvalue weighted by Gasteiger charge is 2.11. The van der Waals surface area contributed by atoms with Crippen LogP contribution >= 0.6 is 11.3 Å². The number of urea groups is 1. The molecular weight excluding hydrogens is 240 g/mol. The van der Waals surface area contributed by atoms with Crippen molar-refractivity contribution in [3.8, 4) is 12.1 Å². The molecule has 1 heterocycles. The summed E-state index contributed by atoms with van der Waals surface area (Å²) in [6.07, 6.45) is 1.28. The average Bonchev–Trinajstić information content (AvgIpc) is 2.72. The van der Waals surface area contributed by atoms with Crippen LogP contribution < -0.4 is 11.1 Å². The van der Waals surface area contributed by atoms with Crippen LogP contribution in [0.1, 0.15) is 10.4 Å². The number of hydrogen-bond donors (Lipinski definition) is 2. The number of nitrogens with two attached hydrogens (primary N) is 1. The van der Waals surface area contributed by atoms with Gasteiger partial charge in [0.1, 0.15) is 17.7 Å². The predicted molar refractivity (Wildman–Crippen MR) is 60.4 cm³/mol. The molecule has 84 valence electrons. The molecule has 0 radical (unpaired) electrons. The van der Waals surface area contributed by atoms with Gasteiger partial charge < -0.3 is 5.73 Å². The lowest BCUT2D eigenvalue weighted by Crippen LogP contribution is -2.35. The lowest BCUT2D eigenvalue weighted by molar-refractivity contribution is -0.115. The molecule has 0 aliphatic rings. The van der Waals surface area contributed by atoms with E-state index in [9.17, 15) is 9.59 Å². The highest BCUT2D eigenvalue weighted by molar-refractivity contribution is 7.11. The Kier molecular flexibility index (Phi) is 3.98. The van der Waals surface area contributed by atoms with E-state index in [-0.39, 0.29) is 5.57 Å². The van der Waals surface area contributed by atoms with Crippen molar-refractivity contribution in [1.29, 1.82) is 10.5 Å². The molecule has 0 aromatic carbocycles. The lowest BCUT2D eigenvalue weighted by Gasteiger charge is -1.97. The Bertz CT molecular complexity index is 574. The summed E-state index contributed by atoms with van der Waals surface area (Å²) in [5.74, 6) is -0.869. The largest absolute Gasteiger partial charge is 0.351 e. The summed E-state index contributed by atoms with van der Waals surface area (Å²) in [6.45, 7) is 0. The molecule has 0 spiro atoms. The van der Waals surface area contributed by atoms with Crippen LogP contribution in [0, 0.1) is 22.7 Å². The molecule has 1 rings (SSSR count). The van der Waals surface area contributed by atoms with Crippen LogP contribution in [-0.4, -0.2) is 11.9 Å². The number of imide groups is 1. The molecule has 0 unspecified atom stereocenters. The van der Waals surface area contributed by atoms with Crippen molar-refractivity contribution in [1.82, 2.24) is 5.32 Å². The molecule has 0 aliphatic heterocycles. The fourth-order valence-electron chi connectivity index (χ4n) is 0.957. The van der Waals surface area contributed by atoms with E-state index >= 15 is 0 Å². The van der Waals surface area contributed by atoms with Gasteiger partial charge in [0, 0.05) is 10.3 Å². The van der Waals surface area contributed by atoms with E-state index in [1.165, 1.54) is 23.5 Å². The normalized spacial score (nSPS) is 10.1. The van der Waals surface area contributed by atoms with Gasteiger partial charge in [0.2, 0.25) is 0 Å². The molecule has 0 atom stereocenters. The second-order valence-corrected chi connectivity index (χ2v) is 3.78. The van der Waals surface area contributed by atoms with E-state index in [4.69, 9.17) is 16.3 Å². The molecule has 1 aromatic rings. The third-order valence-corrected chi connectivity index (χ3v) is 2.52. The van der Waals surface area contributed by atoms with Crippen LogP contribution in [0.5, 0.6) is 0 Å². The molecule has 0 aliphatic carbocycles. The Morgan fingerprint density at radius 2 is 2.18 bits per heavy atom. The van der Waals surface area contributed by atoms with Crippen molar-refractivity contribution in [2.24, 2.45) is 5.73 Å². The maximum Gasteiger partial charge on any atom is 0.319 e. The van der Waals surface area contributed by atoms with Crippen molar-refractivity contribution in [3.63, 3.8) is 0 Å². The lowest BCUT2D eigenvalue weighted by atomic mass is 10.2. The Balaban J connectivity index is 2.95. The van der Waals surface area contributed by atoms with Gasteiger partial charge in [-0.1, -0.05) is 0 Å². The number of thiophene rings is 1. The monoisotopic (exact) mass is 246 g/mol. The van der Waals surface area contributed by atoms with Crippen LogP contribution in [0.4, 0.5) is 4.79 Å². The first kappa shape index (κ1) is 12.4. The number of nitrogens with one attached hydrogen (secondary N) is 1. The number of carbonyl (C=O) groups excluding carboxylic acids is 2. The molecule has 1 aromatic heterocycles. The van der Waals surface area contributed by atoms with E-state index < -0.39 is 11.9 Å². The van der Waals surface area contributed by atoms with Crippen molar-refractivity contribution < 1.29 is 9.59 Å². The van der Waals surface area contributed by atoms with E-state index in [2.05, 4.69) is 0 Å². The van der Waals surface area contributed by atoms with Crippen LogP contribution in [0.25, 0.3) is 6.08 Å². The van der Waals surface area contributed by atoms with Crippen molar-refractivity contribution in [2.45, 2.75) is 0 Å². The van der Waals surface area contributed by atoms with Crippen LogP contribution in [0.3, 0.4) is 0 Å². The third-order valence-electron chi connectivity index (χ3n) is 1.64. The van der Waals surface area contributed by atoms with Gasteiger partial charge in [-0.3, -0.25) is 10.1 Å². The number of nitriles is 2. The summed E-state index contributed by atoms with van der Waals surface area (Å²) in [5, 5.41) is 20.7. The molecule has 6 nitrogen and oxygen atoms in total. The summed E-state index contributed by atoms with van der Waals surface area (Å²) in [4.78, 5) is 22.3. The highest BCUT2D eigenvalue weighted by atomic mass is 32.1. The van der Waals surface area contributed by atoms with Gasteiger partial charge in [0.25, 0.3) is 5.91 Å². The fraction of sp³-hybridized carbons (Fsp3) is 0. The minimum atomic E-state index is -1.03. The summed E-state index contributed by atoms with van der Waals surface area (Å²) in [7, 11) is 0. The van der Waals surface area contributed by atoms with E-state index in [0.717, 1.165) is 0 Å². The van der Waals surface area contributed by atoms with Gasteiger partial charge in [-0.05, 0) is 12.1 Å². The summed E-state index contributed by atoms with van der Waals surface area (Å²) in [5.41, 5.74) is 4.94. The van der Waals surface area contributed by atoms with E-state index in [1.54, 1.807) is 16.8 Å². The van der Waals surface area contributed by atoms with Crippen LogP contribution in [-0.2, 0) is 4.79 Å². The van der Waals surface area contributed by atoms with Gasteiger partial charge in [-0.25, -0.2) is 4.79 Å². The standard InChI is InChI=1S/C10H6N4O2S/c11-3-6-1-8(17-5-6)2-7(4-12)9(15)14-10(13)16/h1-2,5H,(H3,13,14,15,16). The zero-order chi connectivity index (χ0) is 12.8. The number of carbonyl (C=O) groups is 2. The fourth-order valence-corrected chi connectivity index (χ4v) is 1.72. The Morgan fingerprint density at radius 1 is 1.47 bits per heavy atom. The molecule has 0 saturated carbocycles. The average molecular weight is 246 g/mol. The summed E-state index contributed by atoms with van der Waals surface area (Å²) >= 11 is 1.21. The molecule has 17 heavy (non-hydrogen) atoms. The van der Waals surface area contributed by atoms with Gasteiger partial charge in [-0.2, -0.15) is 10.5 Å². The quantitative estimate of drug-likeness (QED) is 0.590. The van der Waals surface area contributed by atoms with Crippen molar-refractivity contribution in [2.75, 3.05) is 0 Å². The zero-order valence-electron chi connectivity index (χ0n) is 8.43. The smallest absolute Gasteiger partial charge is 0.319 e. The van der Waals surface area contributed by atoms with Gasteiger partial charge in [-0.15, -0.1) is 11.3 Å². The number of rotatable bonds is 2. The first-order valence-electron chi connectivity index (χ1n) is 4.28. The Labute approximate surface area is 101 Å². The van der Waals surface area contributed by atoms with E-state index in [1.807, 2.05) is 6.07 Å². The summed E-state index contributed by atoms with van der Waals surface area (Å²) < 4.78 is 0. The Morgan fingerprint density at radius 3 is 2.65 bits per heavy atom. The SMILES string of the molecule is N#CC(=Cc1cc(C#N)cs1)C(=O)NC(N)=O. The number of primary amides is 1. The van der Waals surface area contributed by atoms with E-state index in [0.29, 0.717) is 10.4 Å². The van der Waals surface area contributed by atoms with Gasteiger partial charge in [0.05, 0.1) is 5.56 Å². The zero-order valence-corrected chi connectivity index (χ0v) is 9.25. The number of amides is 3. The topological polar surface area (TPSA) is 120 Å². The third kappa shape index (κ3) is 3.45. The molecule has 0 fully saturated rings. The number of nitrogens with zero attached hydrogens (tertiary/aromatic N) is 2. The maximum atomic E-state index is 11.3. The first-order chi connectivity index (χ1) is 8.06. The molecule has 0 saturated heterocycles. The minimum Gasteiger partial charge on any atom is -0.351 e. The minimum absolute atomic E-state index is 0.255. The van der Waals surface area contributed by atoms with Gasteiger partial charge in [0.15, 0.2) is 0 Å². The number of hydrogen-bond acceptors (Lipinski definition) is 5. The molecule has 3 amide bonds. The summed E-state index contributed by atoms with van der Waals surface area (Å²) in [6, 6.07) is 4.07. The van der Waals surface area contributed by atoms with Crippen molar-refractivity contribution >= 4 is 29.4 Å². The second kappa shape index (κ2) is 5.45. The highest BCUT2D eigenvalue weighted by Crippen LogP contribution is 2.17. The van der Waals surface area contributed by atoms with Crippen LogP contribution in [0.15, 0.2) is 17.0 Å². The molecule has 0 bridgehead atoms. The predicted octanol–water partition coefficient (Wildman–Crippen LogP) is 0.722. The first-order valence-corrected chi connectivity index (χ1v) is 5.16.